The third-order valence-electron chi connectivity index (χ3n) is 2.49. The smallest absolute Gasteiger partial charge is 0.155 e. The molecule has 0 bridgehead atoms. The van der Waals surface area contributed by atoms with Gasteiger partial charge < -0.3 is 20.5 Å². The van der Waals surface area contributed by atoms with Crippen LogP contribution in [0.3, 0.4) is 0 Å². The molecule has 2 aromatic rings. The molecule has 1 atom stereocenters. The Morgan fingerprint density at radius 1 is 1.36 bits per heavy atom. The second kappa shape index (κ2) is 10.4. The van der Waals surface area contributed by atoms with Crippen LogP contribution in [-0.2, 0) is 6.67 Å². The van der Waals surface area contributed by atoms with E-state index in [-0.39, 0.29) is 6.61 Å². The van der Waals surface area contributed by atoms with Crippen molar-refractivity contribution in [3.05, 3.63) is 52.5 Å². The fraction of sp³-hybridized carbons (Fsp3) is 0.267. The number of imidazole rings is 1. The number of nitrogens with two attached hydrogens (primary N) is 1. The molecule has 5 nitrogen and oxygen atoms in total. The summed E-state index contributed by atoms with van der Waals surface area (Å²) in [6.07, 6.45) is 3.80. The summed E-state index contributed by atoms with van der Waals surface area (Å²) in [7, 11) is 0. The Balaban J connectivity index is 0.000000224. The van der Waals surface area contributed by atoms with Crippen LogP contribution in [0.5, 0.6) is 0 Å². The van der Waals surface area contributed by atoms with Crippen LogP contribution in [0.2, 0.25) is 0 Å². The van der Waals surface area contributed by atoms with E-state index in [4.69, 9.17) is 15.9 Å². The number of thiol groups is 1. The summed E-state index contributed by atoms with van der Waals surface area (Å²) < 4.78 is 2.67. The van der Waals surface area contributed by atoms with E-state index in [1.165, 1.54) is 0 Å². The van der Waals surface area contributed by atoms with Crippen molar-refractivity contribution in [1.82, 2.24) is 9.55 Å². The predicted molar refractivity (Wildman–Crippen MR) is 93.1 cm³/mol. The molecule has 0 saturated heterocycles. The van der Waals surface area contributed by atoms with Gasteiger partial charge in [0, 0.05) is 28.9 Å². The number of aliphatic hydroxyl groups excluding tert-OH is 2. The normalized spacial score (nSPS) is 11.0. The molecule has 0 unspecified atom stereocenters. The van der Waals surface area contributed by atoms with Crippen LogP contribution in [-0.4, -0.2) is 26.4 Å². The van der Waals surface area contributed by atoms with Gasteiger partial charge in [0.15, 0.2) is 5.44 Å². The second-order valence-corrected chi connectivity index (χ2v) is 5.50. The molecule has 0 spiro atoms. The van der Waals surface area contributed by atoms with Gasteiger partial charge >= 0.3 is 0 Å². The van der Waals surface area contributed by atoms with Crippen molar-refractivity contribution < 1.29 is 10.2 Å². The Morgan fingerprint density at radius 2 is 2.05 bits per heavy atom. The summed E-state index contributed by atoms with van der Waals surface area (Å²) in [6.45, 7) is 0.441. The summed E-state index contributed by atoms with van der Waals surface area (Å²) in [5.74, 6) is 6.28. The maximum atomic E-state index is 8.95. The lowest BCUT2D eigenvalue weighted by molar-refractivity contribution is 0.256. The van der Waals surface area contributed by atoms with Crippen molar-refractivity contribution in [1.29, 1.82) is 0 Å². The minimum Gasteiger partial charge on any atom is -0.395 e. The fourth-order valence-electron chi connectivity index (χ4n) is 1.46. The van der Waals surface area contributed by atoms with Gasteiger partial charge in [0.05, 0.1) is 13.3 Å². The van der Waals surface area contributed by atoms with Crippen molar-refractivity contribution in [2.75, 3.05) is 6.61 Å². The number of benzene rings is 1. The average molecular weight is 384 g/mol. The van der Waals surface area contributed by atoms with Gasteiger partial charge in [-0.3, -0.25) is 0 Å². The highest BCUT2D eigenvalue weighted by molar-refractivity contribution is 9.10. The molecule has 7 heteroatoms. The van der Waals surface area contributed by atoms with Crippen molar-refractivity contribution in [2.24, 2.45) is 5.73 Å². The molecule has 22 heavy (non-hydrogen) atoms. The fourth-order valence-corrected chi connectivity index (χ4v) is 1.94. The molecule has 1 aromatic heterocycles. The largest absolute Gasteiger partial charge is 0.395 e. The van der Waals surface area contributed by atoms with Gasteiger partial charge in [0.1, 0.15) is 5.82 Å². The SMILES string of the molecule is NCn1ccnc1[C@@H](O)S.OCCC#Cc1ccc(Br)cc1. The zero-order valence-electron chi connectivity index (χ0n) is 11.9. The Morgan fingerprint density at radius 3 is 2.55 bits per heavy atom. The van der Waals surface area contributed by atoms with E-state index < -0.39 is 5.44 Å². The minimum absolute atomic E-state index is 0.129. The Kier molecular flexibility index (Phi) is 8.89. The molecule has 0 aliphatic rings. The summed E-state index contributed by atoms with van der Waals surface area (Å²) in [5, 5.41) is 17.4. The first-order chi connectivity index (χ1) is 10.6. The van der Waals surface area contributed by atoms with Gasteiger partial charge in [-0.1, -0.05) is 27.8 Å². The van der Waals surface area contributed by atoms with Gasteiger partial charge in [-0.2, -0.15) is 0 Å². The number of hydrogen-bond donors (Lipinski definition) is 4. The first-order valence-electron chi connectivity index (χ1n) is 6.51. The minimum atomic E-state index is -0.849. The molecule has 118 valence electrons. The van der Waals surface area contributed by atoms with Gasteiger partial charge in [-0.05, 0) is 24.3 Å². The lowest BCUT2D eigenvalue weighted by Crippen LogP contribution is -2.10. The molecule has 2 rings (SSSR count). The first kappa shape index (κ1) is 18.7. The third kappa shape index (κ3) is 6.64. The lowest BCUT2D eigenvalue weighted by atomic mass is 10.2. The lowest BCUT2D eigenvalue weighted by Gasteiger charge is -2.04. The van der Waals surface area contributed by atoms with E-state index in [9.17, 15) is 0 Å². The van der Waals surface area contributed by atoms with Crippen LogP contribution >= 0.6 is 28.6 Å². The van der Waals surface area contributed by atoms with E-state index in [0.29, 0.717) is 18.9 Å². The molecule has 1 heterocycles. The van der Waals surface area contributed by atoms with Crippen LogP contribution in [0.25, 0.3) is 0 Å². The van der Waals surface area contributed by atoms with Gasteiger partial charge in [0.2, 0.25) is 0 Å². The molecule has 0 radical (unpaired) electrons. The standard InChI is InChI=1S/C10H9BrO.C5H9N3OS/c11-10-6-4-9(5-7-10)3-1-2-8-12;6-3-8-2-1-7-4(8)5(9)10/h4-7,12H,2,8H2;1-2,5,9-10H,3,6H2/t;5-/m.0/s1. The average Bonchev–Trinajstić information content (AvgIpc) is 2.99. The number of aliphatic hydroxyl groups is 2. The molecule has 0 saturated carbocycles. The Bertz CT molecular complexity index is 618. The van der Waals surface area contributed by atoms with Gasteiger partial charge in [-0.15, -0.1) is 12.6 Å². The topological polar surface area (TPSA) is 84.3 Å². The predicted octanol–water partition coefficient (Wildman–Crippen LogP) is 1.90. The molecule has 4 N–H and O–H groups in total. The second-order valence-electron chi connectivity index (χ2n) is 4.09. The zero-order valence-corrected chi connectivity index (χ0v) is 14.3. The van der Waals surface area contributed by atoms with Crippen LogP contribution in [0.15, 0.2) is 41.1 Å². The zero-order chi connectivity index (χ0) is 16.4. The van der Waals surface area contributed by atoms with Gasteiger partial charge in [-0.25, -0.2) is 4.98 Å². The first-order valence-corrected chi connectivity index (χ1v) is 7.82. The maximum Gasteiger partial charge on any atom is 0.155 e. The van der Waals surface area contributed by atoms with E-state index in [1.807, 2.05) is 24.3 Å². The van der Waals surface area contributed by atoms with Crippen molar-refractivity contribution >= 4 is 28.6 Å². The van der Waals surface area contributed by atoms with E-state index in [2.05, 4.69) is 45.4 Å². The van der Waals surface area contributed by atoms with Crippen LogP contribution in [0.4, 0.5) is 0 Å². The Labute approximate surface area is 143 Å². The van der Waals surface area contributed by atoms with Crippen molar-refractivity contribution in [3.8, 4) is 11.8 Å². The maximum absolute atomic E-state index is 8.95. The van der Waals surface area contributed by atoms with E-state index >= 15 is 0 Å². The molecule has 0 aliphatic heterocycles. The molecular formula is C15H18BrN3O2S. The molecule has 1 aromatic carbocycles. The molecule has 0 fully saturated rings. The highest BCUT2D eigenvalue weighted by Crippen LogP contribution is 2.12. The molecular weight excluding hydrogens is 366 g/mol. The van der Waals surface area contributed by atoms with Crippen LogP contribution in [0, 0.1) is 11.8 Å². The third-order valence-corrected chi connectivity index (χ3v) is 3.25. The number of nitrogens with zero attached hydrogens (tertiary/aromatic N) is 2. The monoisotopic (exact) mass is 383 g/mol. The molecule has 0 amide bonds. The number of aromatic nitrogens is 2. The summed E-state index contributed by atoms with van der Waals surface area (Å²) in [4.78, 5) is 3.84. The highest BCUT2D eigenvalue weighted by Gasteiger charge is 2.06. The number of rotatable bonds is 3. The van der Waals surface area contributed by atoms with Crippen LogP contribution in [0.1, 0.15) is 23.2 Å². The Hall–Kier alpha value is -1.30. The highest BCUT2D eigenvalue weighted by atomic mass is 79.9. The van der Waals surface area contributed by atoms with Crippen molar-refractivity contribution in [3.63, 3.8) is 0 Å². The summed E-state index contributed by atoms with van der Waals surface area (Å²) in [5.41, 5.74) is 5.44. The van der Waals surface area contributed by atoms with Gasteiger partial charge in [0.25, 0.3) is 0 Å². The van der Waals surface area contributed by atoms with Crippen LogP contribution < -0.4 is 5.73 Å². The van der Waals surface area contributed by atoms with E-state index in [1.54, 1.807) is 17.0 Å². The summed E-state index contributed by atoms with van der Waals surface area (Å²) in [6, 6.07) is 7.77. The quantitative estimate of drug-likeness (QED) is 0.370. The number of halogens is 1. The molecule has 0 aliphatic carbocycles. The van der Waals surface area contributed by atoms with E-state index in [0.717, 1.165) is 10.0 Å². The summed E-state index contributed by atoms with van der Waals surface area (Å²) >= 11 is 7.13. The van der Waals surface area contributed by atoms with Crippen molar-refractivity contribution in [2.45, 2.75) is 18.5 Å². The number of hydrogen-bond acceptors (Lipinski definition) is 5.